The Morgan fingerprint density at radius 3 is 2.80 bits per heavy atom. The van der Waals surface area contributed by atoms with Crippen molar-refractivity contribution in [1.29, 1.82) is 5.26 Å². The van der Waals surface area contributed by atoms with E-state index in [9.17, 15) is 4.79 Å². The third kappa shape index (κ3) is 2.81. The Hall–Kier alpha value is -3.33. The SMILES string of the molecule is N#Cc1cccc(N2CCN(C(=O)c3ccnc4ccoc34)CC2)c1. The third-order valence-electron chi connectivity index (χ3n) is 4.48. The first-order valence-electron chi connectivity index (χ1n) is 8.13. The molecule has 0 N–H and O–H groups in total. The monoisotopic (exact) mass is 332 g/mol. The van der Waals surface area contributed by atoms with Gasteiger partial charge in [-0.3, -0.25) is 9.78 Å². The summed E-state index contributed by atoms with van der Waals surface area (Å²) in [6, 6.07) is 13.2. The van der Waals surface area contributed by atoms with Crippen LogP contribution in [0.15, 0.2) is 53.3 Å². The second-order valence-electron chi connectivity index (χ2n) is 5.93. The van der Waals surface area contributed by atoms with Crippen LogP contribution in [0.25, 0.3) is 11.1 Å². The molecule has 1 aromatic carbocycles. The summed E-state index contributed by atoms with van der Waals surface area (Å²) in [6.07, 6.45) is 3.18. The molecule has 0 unspecified atom stereocenters. The van der Waals surface area contributed by atoms with E-state index in [4.69, 9.17) is 9.68 Å². The molecule has 2 aromatic heterocycles. The fraction of sp³-hybridized carbons (Fsp3) is 0.211. The number of hydrogen-bond acceptors (Lipinski definition) is 5. The molecule has 124 valence electrons. The highest BCUT2D eigenvalue weighted by Crippen LogP contribution is 2.22. The molecule has 6 nitrogen and oxygen atoms in total. The number of piperazine rings is 1. The van der Waals surface area contributed by atoms with Crippen molar-refractivity contribution in [2.24, 2.45) is 0 Å². The summed E-state index contributed by atoms with van der Waals surface area (Å²) in [5.74, 6) is -0.0345. The van der Waals surface area contributed by atoms with Crippen LogP contribution in [0.5, 0.6) is 0 Å². The van der Waals surface area contributed by atoms with Gasteiger partial charge in [0, 0.05) is 44.1 Å². The van der Waals surface area contributed by atoms with E-state index in [1.807, 2.05) is 23.1 Å². The average molecular weight is 332 g/mol. The van der Waals surface area contributed by atoms with E-state index in [1.54, 1.807) is 30.7 Å². The highest BCUT2D eigenvalue weighted by molar-refractivity contribution is 6.03. The van der Waals surface area contributed by atoms with Crippen LogP contribution in [0.4, 0.5) is 5.69 Å². The zero-order valence-electron chi connectivity index (χ0n) is 13.6. The first kappa shape index (κ1) is 15.2. The fourth-order valence-corrected chi connectivity index (χ4v) is 3.15. The Balaban J connectivity index is 1.49. The van der Waals surface area contributed by atoms with E-state index in [2.05, 4.69) is 16.0 Å². The van der Waals surface area contributed by atoms with Gasteiger partial charge in [0.2, 0.25) is 0 Å². The fourth-order valence-electron chi connectivity index (χ4n) is 3.15. The smallest absolute Gasteiger partial charge is 0.257 e. The number of amides is 1. The van der Waals surface area contributed by atoms with E-state index in [0.717, 1.165) is 18.8 Å². The molecule has 25 heavy (non-hydrogen) atoms. The predicted molar refractivity (Wildman–Crippen MR) is 93.3 cm³/mol. The maximum absolute atomic E-state index is 12.8. The summed E-state index contributed by atoms with van der Waals surface area (Å²) in [6.45, 7) is 2.71. The molecule has 0 radical (unpaired) electrons. The van der Waals surface area contributed by atoms with Crippen LogP contribution < -0.4 is 4.90 Å². The van der Waals surface area contributed by atoms with Crippen LogP contribution in [0, 0.1) is 11.3 Å². The van der Waals surface area contributed by atoms with Crippen molar-refractivity contribution >= 4 is 22.7 Å². The molecule has 1 aliphatic heterocycles. The molecule has 0 aliphatic carbocycles. The molecular formula is C19H16N4O2. The van der Waals surface area contributed by atoms with Crippen molar-refractivity contribution in [2.75, 3.05) is 31.1 Å². The van der Waals surface area contributed by atoms with Gasteiger partial charge < -0.3 is 14.2 Å². The second-order valence-corrected chi connectivity index (χ2v) is 5.93. The number of carbonyl (C=O) groups excluding carboxylic acids is 1. The number of hydrogen-bond donors (Lipinski definition) is 0. The van der Waals surface area contributed by atoms with E-state index in [-0.39, 0.29) is 5.91 Å². The van der Waals surface area contributed by atoms with Crippen LogP contribution in [0.3, 0.4) is 0 Å². The topological polar surface area (TPSA) is 73.4 Å². The van der Waals surface area contributed by atoms with Gasteiger partial charge in [0.25, 0.3) is 5.91 Å². The summed E-state index contributed by atoms with van der Waals surface area (Å²) >= 11 is 0. The van der Waals surface area contributed by atoms with Gasteiger partial charge in [0.05, 0.1) is 23.5 Å². The van der Waals surface area contributed by atoms with Gasteiger partial charge in [-0.15, -0.1) is 0 Å². The minimum absolute atomic E-state index is 0.0345. The minimum atomic E-state index is -0.0345. The molecule has 4 rings (SSSR count). The van der Waals surface area contributed by atoms with Gasteiger partial charge in [-0.05, 0) is 24.3 Å². The largest absolute Gasteiger partial charge is 0.462 e. The third-order valence-corrected chi connectivity index (χ3v) is 4.48. The summed E-state index contributed by atoms with van der Waals surface area (Å²) in [5.41, 5.74) is 3.45. The van der Waals surface area contributed by atoms with Crippen molar-refractivity contribution in [3.8, 4) is 6.07 Å². The number of nitrogens with zero attached hydrogens (tertiary/aromatic N) is 4. The number of pyridine rings is 1. The Morgan fingerprint density at radius 2 is 2.00 bits per heavy atom. The molecular weight excluding hydrogens is 316 g/mol. The molecule has 0 atom stereocenters. The molecule has 1 fully saturated rings. The highest BCUT2D eigenvalue weighted by Gasteiger charge is 2.24. The highest BCUT2D eigenvalue weighted by atomic mass is 16.3. The lowest BCUT2D eigenvalue weighted by molar-refractivity contribution is 0.0747. The van der Waals surface area contributed by atoms with Crippen molar-refractivity contribution in [3.63, 3.8) is 0 Å². The first-order chi connectivity index (χ1) is 12.3. The Kier molecular flexibility index (Phi) is 3.82. The summed E-state index contributed by atoms with van der Waals surface area (Å²) < 4.78 is 5.43. The van der Waals surface area contributed by atoms with Crippen LogP contribution in [0.1, 0.15) is 15.9 Å². The van der Waals surface area contributed by atoms with E-state index >= 15 is 0 Å². The maximum atomic E-state index is 12.8. The summed E-state index contributed by atoms with van der Waals surface area (Å²) in [4.78, 5) is 21.1. The lowest BCUT2D eigenvalue weighted by Crippen LogP contribution is -2.48. The van der Waals surface area contributed by atoms with Gasteiger partial charge in [0.1, 0.15) is 5.52 Å². The van der Waals surface area contributed by atoms with Crippen LogP contribution in [0.2, 0.25) is 0 Å². The number of anilines is 1. The molecule has 3 heterocycles. The van der Waals surface area contributed by atoms with E-state index < -0.39 is 0 Å². The Labute approximate surface area is 144 Å². The Morgan fingerprint density at radius 1 is 1.16 bits per heavy atom. The molecule has 3 aromatic rings. The summed E-state index contributed by atoms with van der Waals surface area (Å²) in [5, 5.41) is 9.03. The normalized spacial score (nSPS) is 14.5. The van der Waals surface area contributed by atoms with Gasteiger partial charge in [-0.2, -0.15) is 5.26 Å². The van der Waals surface area contributed by atoms with Crippen LogP contribution >= 0.6 is 0 Å². The molecule has 6 heteroatoms. The summed E-state index contributed by atoms with van der Waals surface area (Å²) in [7, 11) is 0. The predicted octanol–water partition coefficient (Wildman–Crippen LogP) is 2.66. The number of rotatable bonds is 2. The second kappa shape index (κ2) is 6.29. The van der Waals surface area contributed by atoms with E-state index in [1.165, 1.54) is 0 Å². The van der Waals surface area contributed by atoms with Crippen molar-refractivity contribution in [2.45, 2.75) is 0 Å². The Bertz CT molecular complexity index is 965. The molecule has 0 spiro atoms. The van der Waals surface area contributed by atoms with E-state index in [0.29, 0.717) is 35.3 Å². The van der Waals surface area contributed by atoms with Crippen molar-refractivity contribution < 1.29 is 9.21 Å². The zero-order chi connectivity index (χ0) is 17.2. The molecule has 1 amide bonds. The number of benzene rings is 1. The van der Waals surface area contributed by atoms with Gasteiger partial charge in [-0.25, -0.2) is 0 Å². The molecule has 1 aliphatic rings. The molecule has 1 saturated heterocycles. The number of fused-ring (bicyclic) bond motifs is 1. The maximum Gasteiger partial charge on any atom is 0.257 e. The minimum Gasteiger partial charge on any atom is -0.462 e. The van der Waals surface area contributed by atoms with Crippen LogP contribution in [-0.2, 0) is 0 Å². The standard InChI is InChI=1S/C19H16N4O2/c20-13-14-2-1-3-15(12-14)22-7-9-23(10-8-22)19(24)16-4-6-21-17-5-11-25-18(16)17/h1-6,11-12H,7-10H2. The van der Waals surface area contributed by atoms with Gasteiger partial charge in [-0.1, -0.05) is 6.07 Å². The lowest BCUT2D eigenvalue weighted by Gasteiger charge is -2.36. The van der Waals surface area contributed by atoms with Crippen LogP contribution in [-0.4, -0.2) is 42.0 Å². The molecule has 0 saturated carbocycles. The number of furan rings is 1. The molecule has 0 bridgehead atoms. The lowest BCUT2D eigenvalue weighted by atomic mass is 10.1. The number of carbonyl (C=O) groups is 1. The number of aromatic nitrogens is 1. The first-order valence-corrected chi connectivity index (χ1v) is 8.13. The zero-order valence-corrected chi connectivity index (χ0v) is 13.6. The van der Waals surface area contributed by atoms with Crippen molar-refractivity contribution in [1.82, 2.24) is 9.88 Å². The van der Waals surface area contributed by atoms with Gasteiger partial charge in [0.15, 0.2) is 5.58 Å². The van der Waals surface area contributed by atoms with Crippen molar-refractivity contribution in [3.05, 3.63) is 60.0 Å². The number of nitriles is 1. The van der Waals surface area contributed by atoms with Gasteiger partial charge >= 0.3 is 0 Å². The quantitative estimate of drug-likeness (QED) is 0.721. The average Bonchev–Trinajstić information content (AvgIpc) is 3.16.